The second-order valence-corrected chi connectivity index (χ2v) is 7.17. The molecule has 0 bridgehead atoms. The number of nitrogens with zero attached hydrogens (tertiary/aromatic N) is 3. The van der Waals surface area contributed by atoms with Gasteiger partial charge in [-0.1, -0.05) is 61.5 Å². The smallest absolute Gasteiger partial charge is 0.325 e. The van der Waals surface area contributed by atoms with E-state index >= 15 is 0 Å². The van der Waals surface area contributed by atoms with Crippen LogP contribution in [0.2, 0.25) is 0 Å². The van der Waals surface area contributed by atoms with Gasteiger partial charge in [-0.15, -0.1) is 0 Å². The van der Waals surface area contributed by atoms with Crippen molar-refractivity contribution in [2.45, 2.75) is 38.8 Å². The van der Waals surface area contributed by atoms with Crippen molar-refractivity contribution in [2.75, 3.05) is 0 Å². The standard InChI is InChI=1S/C20H20N4O3/c1-12(2)17-21-16(27-23-17)11-24-18(25)20(3,22-19(24)26)15-10-6-8-13-7-4-5-9-14(13)15/h4-10,12H,11H2,1-3H3,(H,22,26). The molecule has 7 nitrogen and oxygen atoms in total. The molecule has 3 amide bonds. The third-order valence-corrected chi connectivity index (χ3v) is 4.90. The summed E-state index contributed by atoms with van der Waals surface area (Å²) < 4.78 is 5.19. The van der Waals surface area contributed by atoms with Crippen LogP contribution >= 0.6 is 0 Å². The van der Waals surface area contributed by atoms with E-state index in [9.17, 15) is 9.59 Å². The summed E-state index contributed by atoms with van der Waals surface area (Å²) >= 11 is 0. The Labute approximate surface area is 156 Å². The van der Waals surface area contributed by atoms with Crippen molar-refractivity contribution in [3.05, 3.63) is 59.7 Å². The summed E-state index contributed by atoms with van der Waals surface area (Å²) in [6.45, 7) is 5.56. The average Bonchev–Trinajstić information content (AvgIpc) is 3.21. The van der Waals surface area contributed by atoms with E-state index in [-0.39, 0.29) is 24.3 Å². The summed E-state index contributed by atoms with van der Waals surface area (Å²) in [7, 11) is 0. The second-order valence-electron chi connectivity index (χ2n) is 7.17. The van der Waals surface area contributed by atoms with Crippen molar-refractivity contribution in [1.82, 2.24) is 20.4 Å². The molecule has 2 heterocycles. The highest BCUT2D eigenvalue weighted by molar-refractivity contribution is 6.09. The zero-order valence-electron chi connectivity index (χ0n) is 15.4. The molecule has 0 spiro atoms. The molecule has 0 aliphatic carbocycles. The molecule has 1 atom stereocenters. The number of carbonyl (C=O) groups excluding carboxylic acids is 2. The Bertz CT molecular complexity index is 1040. The van der Waals surface area contributed by atoms with Gasteiger partial charge in [0.2, 0.25) is 5.89 Å². The zero-order valence-corrected chi connectivity index (χ0v) is 15.4. The molecule has 2 aromatic carbocycles. The van der Waals surface area contributed by atoms with Crippen LogP contribution < -0.4 is 5.32 Å². The lowest BCUT2D eigenvalue weighted by atomic mass is 9.88. The highest BCUT2D eigenvalue weighted by Crippen LogP contribution is 2.34. The molecular weight excluding hydrogens is 344 g/mol. The lowest BCUT2D eigenvalue weighted by Crippen LogP contribution is -2.41. The molecule has 1 aromatic heterocycles. The third kappa shape index (κ3) is 2.75. The summed E-state index contributed by atoms with van der Waals surface area (Å²) in [5, 5.41) is 8.66. The Kier molecular flexibility index (Phi) is 3.95. The number of fused-ring (bicyclic) bond motifs is 1. The van der Waals surface area contributed by atoms with Gasteiger partial charge in [-0.05, 0) is 23.3 Å². The van der Waals surface area contributed by atoms with Gasteiger partial charge in [-0.2, -0.15) is 4.98 Å². The Morgan fingerprint density at radius 3 is 2.63 bits per heavy atom. The van der Waals surface area contributed by atoms with Gasteiger partial charge in [0.25, 0.3) is 5.91 Å². The summed E-state index contributed by atoms with van der Waals surface area (Å²) in [6, 6.07) is 13.0. The van der Waals surface area contributed by atoms with E-state index in [1.165, 1.54) is 0 Å². The zero-order chi connectivity index (χ0) is 19.2. The lowest BCUT2D eigenvalue weighted by molar-refractivity contribution is -0.131. The minimum atomic E-state index is -1.15. The van der Waals surface area contributed by atoms with Crippen molar-refractivity contribution >= 4 is 22.7 Å². The van der Waals surface area contributed by atoms with Crippen LogP contribution in [0, 0.1) is 0 Å². The number of carbonyl (C=O) groups is 2. The lowest BCUT2D eigenvalue weighted by Gasteiger charge is -2.23. The van der Waals surface area contributed by atoms with Crippen LogP contribution in [0.15, 0.2) is 47.0 Å². The number of nitrogens with one attached hydrogen (secondary N) is 1. The molecule has 138 valence electrons. The summed E-state index contributed by atoms with van der Waals surface area (Å²) in [4.78, 5) is 31.1. The van der Waals surface area contributed by atoms with E-state index < -0.39 is 11.6 Å². The Hall–Kier alpha value is -3.22. The summed E-state index contributed by atoms with van der Waals surface area (Å²) in [5.74, 6) is 0.554. The van der Waals surface area contributed by atoms with E-state index in [0.717, 1.165) is 21.2 Å². The molecule has 1 N–H and O–H groups in total. The van der Waals surface area contributed by atoms with Gasteiger partial charge in [0.1, 0.15) is 12.1 Å². The topological polar surface area (TPSA) is 88.3 Å². The monoisotopic (exact) mass is 364 g/mol. The Morgan fingerprint density at radius 2 is 1.89 bits per heavy atom. The number of amides is 3. The molecule has 1 aliphatic heterocycles. The van der Waals surface area contributed by atoms with E-state index in [1.807, 2.05) is 56.3 Å². The van der Waals surface area contributed by atoms with Gasteiger partial charge in [0, 0.05) is 5.92 Å². The van der Waals surface area contributed by atoms with Crippen molar-refractivity contribution in [3.8, 4) is 0 Å². The number of imide groups is 1. The molecule has 27 heavy (non-hydrogen) atoms. The maximum absolute atomic E-state index is 13.2. The maximum Gasteiger partial charge on any atom is 0.325 e. The fourth-order valence-electron chi connectivity index (χ4n) is 3.39. The molecule has 7 heteroatoms. The first-order valence-electron chi connectivity index (χ1n) is 8.85. The van der Waals surface area contributed by atoms with Crippen LogP contribution in [0.5, 0.6) is 0 Å². The first kappa shape index (κ1) is 17.2. The highest BCUT2D eigenvalue weighted by Gasteiger charge is 2.50. The Balaban J connectivity index is 1.68. The molecule has 3 aromatic rings. The average molecular weight is 364 g/mol. The van der Waals surface area contributed by atoms with Crippen LogP contribution in [-0.2, 0) is 16.9 Å². The molecular formula is C20H20N4O3. The minimum absolute atomic E-state index is 0.0509. The summed E-state index contributed by atoms with van der Waals surface area (Å²) in [6.07, 6.45) is 0. The minimum Gasteiger partial charge on any atom is -0.337 e. The largest absolute Gasteiger partial charge is 0.337 e. The van der Waals surface area contributed by atoms with Gasteiger partial charge in [0.15, 0.2) is 5.82 Å². The predicted octanol–water partition coefficient (Wildman–Crippen LogP) is 3.31. The molecule has 1 saturated heterocycles. The molecule has 4 rings (SSSR count). The molecule has 1 fully saturated rings. The van der Waals surface area contributed by atoms with Gasteiger partial charge in [-0.3, -0.25) is 9.69 Å². The SMILES string of the molecule is CC(C)c1noc(CN2C(=O)NC(C)(c3cccc4ccccc34)C2=O)n1. The predicted molar refractivity (Wildman–Crippen MR) is 98.8 cm³/mol. The third-order valence-electron chi connectivity index (χ3n) is 4.90. The molecule has 0 saturated carbocycles. The van der Waals surface area contributed by atoms with Gasteiger partial charge < -0.3 is 9.84 Å². The molecule has 0 radical (unpaired) electrons. The Morgan fingerprint density at radius 1 is 1.15 bits per heavy atom. The molecule has 1 aliphatic rings. The normalized spacial score (nSPS) is 19.9. The van der Waals surface area contributed by atoms with Crippen molar-refractivity contribution in [3.63, 3.8) is 0 Å². The fraction of sp³-hybridized carbons (Fsp3) is 0.300. The van der Waals surface area contributed by atoms with Gasteiger partial charge in [0.05, 0.1) is 0 Å². The first-order chi connectivity index (χ1) is 12.9. The number of hydrogen-bond donors (Lipinski definition) is 1. The first-order valence-corrected chi connectivity index (χ1v) is 8.85. The quantitative estimate of drug-likeness (QED) is 0.718. The molecule has 1 unspecified atom stereocenters. The maximum atomic E-state index is 13.2. The fourth-order valence-corrected chi connectivity index (χ4v) is 3.39. The summed E-state index contributed by atoms with van der Waals surface area (Å²) in [5.41, 5.74) is -0.395. The van der Waals surface area contributed by atoms with Crippen LogP contribution in [-0.4, -0.2) is 27.0 Å². The van der Waals surface area contributed by atoms with Crippen LogP contribution in [0.1, 0.15) is 44.0 Å². The van der Waals surface area contributed by atoms with E-state index in [4.69, 9.17) is 4.52 Å². The number of aromatic nitrogens is 2. The van der Waals surface area contributed by atoms with Crippen molar-refractivity contribution < 1.29 is 14.1 Å². The van der Waals surface area contributed by atoms with Crippen LogP contribution in [0.3, 0.4) is 0 Å². The van der Waals surface area contributed by atoms with E-state index in [0.29, 0.717) is 5.82 Å². The number of rotatable bonds is 4. The van der Waals surface area contributed by atoms with Gasteiger partial charge >= 0.3 is 6.03 Å². The van der Waals surface area contributed by atoms with Crippen molar-refractivity contribution in [2.24, 2.45) is 0 Å². The number of urea groups is 1. The highest BCUT2D eigenvalue weighted by atomic mass is 16.5. The number of hydrogen-bond acceptors (Lipinski definition) is 5. The second kappa shape index (κ2) is 6.19. The van der Waals surface area contributed by atoms with Crippen LogP contribution in [0.4, 0.5) is 4.79 Å². The number of benzene rings is 2. The van der Waals surface area contributed by atoms with Crippen LogP contribution in [0.25, 0.3) is 10.8 Å². The van der Waals surface area contributed by atoms with E-state index in [2.05, 4.69) is 15.5 Å². The van der Waals surface area contributed by atoms with Crippen molar-refractivity contribution in [1.29, 1.82) is 0 Å². The van der Waals surface area contributed by atoms with Gasteiger partial charge in [-0.25, -0.2) is 4.79 Å². The van der Waals surface area contributed by atoms with E-state index in [1.54, 1.807) is 6.92 Å².